The third-order valence-electron chi connectivity index (χ3n) is 3.71. The van der Waals surface area contributed by atoms with Gasteiger partial charge in [0.1, 0.15) is 0 Å². The highest BCUT2D eigenvalue weighted by Gasteiger charge is 2.40. The molecule has 0 bridgehead atoms. The highest BCUT2D eigenvalue weighted by molar-refractivity contribution is 5.30. The van der Waals surface area contributed by atoms with Crippen molar-refractivity contribution < 1.29 is 14.6 Å². The Morgan fingerprint density at radius 3 is 2.52 bits per heavy atom. The maximum Gasteiger partial charge on any atom is 0.163 e. The molecule has 0 saturated carbocycles. The largest absolute Gasteiger partial charge is 0.392 e. The lowest BCUT2D eigenvalue weighted by Gasteiger charge is -2.16. The Morgan fingerprint density at radius 1 is 1.04 bits per heavy atom. The molecule has 0 radical (unpaired) electrons. The summed E-state index contributed by atoms with van der Waals surface area (Å²) in [6.07, 6.45) is 11.3. The van der Waals surface area contributed by atoms with E-state index >= 15 is 0 Å². The molecule has 0 aliphatic carbocycles. The minimum atomic E-state index is -0.518. The molecule has 2 atom stereocenters. The van der Waals surface area contributed by atoms with Crippen molar-refractivity contribution in [2.24, 2.45) is 0 Å². The van der Waals surface area contributed by atoms with Gasteiger partial charge in [-0.25, -0.2) is 0 Å². The average Bonchev–Trinajstić information content (AvgIpc) is 2.80. The van der Waals surface area contributed by atoms with Crippen LogP contribution >= 0.6 is 0 Å². The Hall–Kier alpha value is -1.26. The molecule has 1 saturated heterocycles. The second-order valence-electron chi connectivity index (χ2n) is 6.28. The molecular weight excluding hydrogens is 288 g/mol. The first-order valence-electron chi connectivity index (χ1n) is 8.69. The molecule has 0 aromatic carbocycles. The third-order valence-corrected chi connectivity index (χ3v) is 3.71. The first kappa shape index (κ1) is 19.8. The molecule has 3 nitrogen and oxygen atoms in total. The van der Waals surface area contributed by atoms with Crippen molar-refractivity contribution in [1.82, 2.24) is 0 Å². The normalized spacial score (nSPS) is 22.4. The fraction of sp³-hybridized carbons (Fsp3) is 0.700. The van der Waals surface area contributed by atoms with Crippen LogP contribution in [-0.2, 0) is 9.47 Å². The maximum atomic E-state index is 8.59. The SMILES string of the molecule is CCCCCCC[C@@H]1OC(C)(C)O[C@H]1CC#CC#C/C=C/CO. The number of unbranched alkanes of at least 4 members (excludes halogenated alkanes) is 4. The molecule has 1 rings (SSSR count). The first-order valence-corrected chi connectivity index (χ1v) is 8.69. The number of hydrogen-bond donors (Lipinski definition) is 1. The molecule has 1 aliphatic rings. The predicted molar refractivity (Wildman–Crippen MR) is 93.6 cm³/mol. The lowest BCUT2D eigenvalue weighted by atomic mass is 10.0. The van der Waals surface area contributed by atoms with Crippen LogP contribution in [0.3, 0.4) is 0 Å². The summed E-state index contributed by atoms with van der Waals surface area (Å²) in [6.45, 7) is 6.16. The van der Waals surface area contributed by atoms with E-state index in [9.17, 15) is 0 Å². The summed E-state index contributed by atoms with van der Waals surface area (Å²) in [5.41, 5.74) is 0. The summed E-state index contributed by atoms with van der Waals surface area (Å²) in [7, 11) is 0. The van der Waals surface area contributed by atoms with Crippen LogP contribution < -0.4 is 0 Å². The van der Waals surface area contributed by atoms with Gasteiger partial charge < -0.3 is 14.6 Å². The number of aliphatic hydroxyl groups is 1. The van der Waals surface area contributed by atoms with Gasteiger partial charge in [0.05, 0.1) is 18.8 Å². The van der Waals surface area contributed by atoms with Crippen molar-refractivity contribution in [1.29, 1.82) is 0 Å². The van der Waals surface area contributed by atoms with Crippen LogP contribution in [0.25, 0.3) is 0 Å². The van der Waals surface area contributed by atoms with Gasteiger partial charge in [-0.2, -0.15) is 0 Å². The summed E-state index contributed by atoms with van der Waals surface area (Å²) >= 11 is 0. The van der Waals surface area contributed by atoms with E-state index in [0.717, 1.165) is 6.42 Å². The van der Waals surface area contributed by atoms with Gasteiger partial charge in [0, 0.05) is 6.42 Å². The molecule has 0 aromatic rings. The highest BCUT2D eigenvalue weighted by Crippen LogP contribution is 2.32. The molecule has 3 heteroatoms. The molecule has 128 valence electrons. The van der Waals surface area contributed by atoms with E-state index in [2.05, 4.69) is 30.6 Å². The van der Waals surface area contributed by atoms with E-state index in [1.54, 1.807) is 12.2 Å². The topological polar surface area (TPSA) is 38.7 Å². The van der Waals surface area contributed by atoms with Gasteiger partial charge in [0.25, 0.3) is 0 Å². The highest BCUT2D eigenvalue weighted by atomic mass is 16.7. The number of rotatable bonds is 8. The fourth-order valence-electron chi connectivity index (χ4n) is 2.66. The molecule has 1 heterocycles. The third kappa shape index (κ3) is 8.82. The van der Waals surface area contributed by atoms with Crippen LogP contribution in [0.4, 0.5) is 0 Å². The van der Waals surface area contributed by atoms with Crippen molar-refractivity contribution in [3.63, 3.8) is 0 Å². The minimum absolute atomic E-state index is 0.00435. The van der Waals surface area contributed by atoms with Gasteiger partial charge in [-0.3, -0.25) is 0 Å². The zero-order valence-electron chi connectivity index (χ0n) is 14.7. The van der Waals surface area contributed by atoms with E-state index in [1.807, 2.05) is 13.8 Å². The van der Waals surface area contributed by atoms with Crippen LogP contribution in [0.5, 0.6) is 0 Å². The van der Waals surface area contributed by atoms with Gasteiger partial charge in [-0.15, -0.1) is 0 Å². The zero-order chi connectivity index (χ0) is 17.0. The molecule has 1 fully saturated rings. The van der Waals surface area contributed by atoms with E-state index < -0.39 is 5.79 Å². The quantitative estimate of drug-likeness (QED) is 0.546. The van der Waals surface area contributed by atoms with Gasteiger partial charge in [0.15, 0.2) is 5.79 Å². The Labute approximate surface area is 141 Å². The summed E-state index contributed by atoms with van der Waals surface area (Å²) in [5, 5.41) is 8.59. The van der Waals surface area contributed by atoms with Crippen LogP contribution in [-0.4, -0.2) is 29.7 Å². The van der Waals surface area contributed by atoms with Crippen LogP contribution in [0.1, 0.15) is 65.7 Å². The van der Waals surface area contributed by atoms with Crippen molar-refractivity contribution in [3.05, 3.63) is 12.2 Å². The monoisotopic (exact) mass is 318 g/mol. The molecule has 23 heavy (non-hydrogen) atoms. The van der Waals surface area contributed by atoms with Crippen molar-refractivity contribution in [2.75, 3.05) is 6.61 Å². The summed E-state index contributed by atoms with van der Waals surface area (Å²) in [4.78, 5) is 0. The van der Waals surface area contributed by atoms with Gasteiger partial charge in [-0.05, 0) is 38.2 Å². The van der Waals surface area contributed by atoms with E-state index in [1.165, 1.54) is 32.1 Å². The number of ether oxygens (including phenoxy) is 2. The summed E-state index contributed by atoms with van der Waals surface area (Å²) < 4.78 is 12.0. The second kappa shape index (κ2) is 11.3. The number of allylic oxidation sites excluding steroid dienone is 1. The van der Waals surface area contributed by atoms with Gasteiger partial charge >= 0.3 is 0 Å². The van der Waals surface area contributed by atoms with Crippen LogP contribution in [0.2, 0.25) is 0 Å². The predicted octanol–water partition coefficient (Wildman–Crippen LogP) is 3.81. The second-order valence-corrected chi connectivity index (χ2v) is 6.28. The van der Waals surface area contributed by atoms with E-state index in [-0.39, 0.29) is 18.8 Å². The molecule has 0 amide bonds. The molecular formula is C20H30O3. The Morgan fingerprint density at radius 2 is 1.78 bits per heavy atom. The molecule has 0 aromatic heterocycles. The smallest absolute Gasteiger partial charge is 0.163 e. The van der Waals surface area contributed by atoms with Crippen molar-refractivity contribution in [3.8, 4) is 23.7 Å². The summed E-state index contributed by atoms with van der Waals surface area (Å²) in [6, 6.07) is 0. The fourth-order valence-corrected chi connectivity index (χ4v) is 2.66. The Bertz CT molecular complexity index is 471. The van der Waals surface area contributed by atoms with Crippen LogP contribution in [0.15, 0.2) is 12.2 Å². The summed E-state index contributed by atoms with van der Waals surface area (Å²) in [5.74, 6) is 10.9. The first-order chi connectivity index (χ1) is 11.1. The van der Waals surface area contributed by atoms with Crippen molar-refractivity contribution >= 4 is 0 Å². The lowest BCUT2D eigenvalue weighted by Crippen LogP contribution is -2.21. The minimum Gasteiger partial charge on any atom is -0.392 e. The van der Waals surface area contributed by atoms with E-state index in [0.29, 0.717) is 6.42 Å². The maximum absolute atomic E-state index is 8.59. The number of aliphatic hydroxyl groups excluding tert-OH is 1. The van der Waals surface area contributed by atoms with Gasteiger partial charge in [0.2, 0.25) is 0 Å². The lowest BCUT2D eigenvalue weighted by molar-refractivity contribution is -0.146. The molecule has 0 spiro atoms. The Kier molecular flexibility index (Phi) is 9.72. The molecule has 0 unspecified atom stereocenters. The van der Waals surface area contributed by atoms with Crippen molar-refractivity contribution in [2.45, 2.75) is 83.7 Å². The Balaban J connectivity index is 2.41. The average molecular weight is 318 g/mol. The van der Waals surface area contributed by atoms with Crippen LogP contribution in [0, 0.1) is 23.7 Å². The van der Waals surface area contributed by atoms with Gasteiger partial charge in [-0.1, -0.05) is 56.9 Å². The van der Waals surface area contributed by atoms with E-state index in [4.69, 9.17) is 14.6 Å². The standard InChI is InChI=1S/C20H30O3/c1-4-5-6-9-12-15-18-19(23-20(2,3)22-18)16-13-10-7-8-11-14-17-21/h11,14,18-19,21H,4-6,9,12,15-17H2,1-3H3/b14-11+/t18-,19-/m0/s1. The number of hydrogen-bond acceptors (Lipinski definition) is 3. The zero-order valence-corrected chi connectivity index (χ0v) is 14.7. The molecule has 1 aliphatic heterocycles. The molecule has 1 N–H and O–H groups in total.